The van der Waals surface area contributed by atoms with E-state index in [9.17, 15) is 5.11 Å². The maximum absolute atomic E-state index is 9.26. The van der Waals surface area contributed by atoms with Crippen molar-refractivity contribution in [2.24, 2.45) is 0 Å². The molecule has 4 heteroatoms. The fourth-order valence-corrected chi connectivity index (χ4v) is 1.71. The van der Waals surface area contributed by atoms with Gasteiger partial charge in [0.2, 0.25) is 0 Å². The topological polar surface area (TPSA) is 69.9 Å². The summed E-state index contributed by atoms with van der Waals surface area (Å²) in [5.74, 6) is 0. The summed E-state index contributed by atoms with van der Waals surface area (Å²) in [4.78, 5) is 0. The van der Waals surface area contributed by atoms with Gasteiger partial charge in [-0.1, -0.05) is 25.5 Å². The van der Waals surface area contributed by atoms with Crippen LogP contribution in [0.5, 0.6) is 0 Å². The molecule has 1 atom stereocenters. The first-order valence-corrected chi connectivity index (χ1v) is 6.39. The summed E-state index contributed by atoms with van der Waals surface area (Å²) < 4.78 is 5.73. The van der Waals surface area contributed by atoms with Crippen LogP contribution in [0.4, 0.5) is 0 Å². The summed E-state index contributed by atoms with van der Waals surface area (Å²) in [6.07, 6.45) is 4.49. The predicted molar refractivity (Wildman–Crippen MR) is 67.8 cm³/mol. The molecule has 0 rings (SSSR count). The van der Waals surface area contributed by atoms with Crippen molar-refractivity contribution in [2.45, 2.75) is 51.7 Å². The van der Waals surface area contributed by atoms with Crippen molar-refractivity contribution < 1.29 is 20.1 Å². The highest BCUT2D eigenvalue weighted by molar-refractivity contribution is 5.06. The first-order valence-electron chi connectivity index (χ1n) is 6.39. The van der Waals surface area contributed by atoms with Gasteiger partial charge in [0.15, 0.2) is 0 Å². The zero-order chi connectivity index (χ0) is 13.1. The maximum Gasteiger partial charge on any atom is 0.0992 e. The molecule has 102 valence electrons. The molecule has 3 N–H and O–H groups in total. The minimum absolute atomic E-state index is 0.0506. The molecule has 0 aliphatic carbocycles. The molecule has 0 unspecified atom stereocenters. The second-order valence-corrected chi connectivity index (χ2v) is 4.07. The molecule has 0 saturated heterocycles. The number of aliphatic hydroxyl groups is 3. The summed E-state index contributed by atoms with van der Waals surface area (Å²) >= 11 is 0. The van der Waals surface area contributed by atoms with Crippen molar-refractivity contribution in [3.8, 4) is 0 Å². The van der Waals surface area contributed by atoms with Gasteiger partial charge in [-0.25, -0.2) is 0 Å². The average Bonchev–Trinajstić information content (AvgIpc) is 2.34. The van der Waals surface area contributed by atoms with Crippen molar-refractivity contribution >= 4 is 0 Å². The van der Waals surface area contributed by atoms with Gasteiger partial charge in [0.05, 0.1) is 18.8 Å². The van der Waals surface area contributed by atoms with Crippen molar-refractivity contribution in [3.63, 3.8) is 0 Å². The van der Waals surface area contributed by atoms with E-state index in [0.29, 0.717) is 12.8 Å². The van der Waals surface area contributed by atoms with Gasteiger partial charge in [-0.05, 0) is 25.7 Å². The molecule has 0 radical (unpaired) electrons. The zero-order valence-electron chi connectivity index (χ0n) is 10.9. The SMILES string of the molecule is CCC(CC)O[C@@H](C=C(CCO)CCO)CO. The highest BCUT2D eigenvalue weighted by atomic mass is 16.5. The smallest absolute Gasteiger partial charge is 0.0992 e. The molecule has 0 saturated carbocycles. The quantitative estimate of drug-likeness (QED) is 0.507. The van der Waals surface area contributed by atoms with Gasteiger partial charge in [0, 0.05) is 13.2 Å². The summed E-state index contributed by atoms with van der Waals surface area (Å²) in [6, 6.07) is 0. The van der Waals surface area contributed by atoms with Gasteiger partial charge < -0.3 is 20.1 Å². The van der Waals surface area contributed by atoms with Crippen LogP contribution in [0.3, 0.4) is 0 Å². The van der Waals surface area contributed by atoms with Crippen molar-refractivity contribution in [1.29, 1.82) is 0 Å². The number of hydrogen-bond donors (Lipinski definition) is 3. The van der Waals surface area contributed by atoms with Gasteiger partial charge in [-0.15, -0.1) is 0 Å². The number of hydrogen-bond acceptors (Lipinski definition) is 4. The number of ether oxygens (including phenoxy) is 1. The summed E-state index contributed by atoms with van der Waals surface area (Å²) in [6.45, 7) is 4.13. The molecule has 0 bridgehead atoms. The predicted octanol–water partition coefficient (Wildman–Crippen LogP) is 1.24. The van der Waals surface area contributed by atoms with Crippen molar-refractivity contribution in [3.05, 3.63) is 11.6 Å². The van der Waals surface area contributed by atoms with Crippen LogP contribution < -0.4 is 0 Å². The molecular formula is C13H26O4. The Bertz CT molecular complexity index is 192. The monoisotopic (exact) mass is 246 g/mol. The minimum Gasteiger partial charge on any atom is -0.396 e. The molecule has 0 amide bonds. The molecular weight excluding hydrogens is 220 g/mol. The first kappa shape index (κ1) is 16.6. The largest absolute Gasteiger partial charge is 0.396 e. The van der Waals surface area contributed by atoms with Crippen LogP contribution in [0.25, 0.3) is 0 Å². The zero-order valence-corrected chi connectivity index (χ0v) is 10.9. The van der Waals surface area contributed by atoms with Gasteiger partial charge in [0.25, 0.3) is 0 Å². The van der Waals surface area contributed by atoms with Gasteiger partial charge in [0.1, 0.15) is 0 Å². The second-order valence-electron chi connectivity index (χ2n) is 4.07. The van der Waals surface area contributed by atoms with E-state index in [-0.39, 0.29) is 32.0 Å². The van der Waals surface area contributed by atoms with Crippen molar-refractivity contribution in [2.75, 3.05) is 19.8 Å². The molecule has 0 fully saturated rings. The van der Waals surface area contributed by atoms with Crippen LogP contribution in [-0.4, -0.2) is 47.3 Å². The molecule has 0 aliphatic heterocycles. The van der Waals surface area contributed by atoms with E-state index < -0.39 is 0 Å². The highest BCUT2D eigenvalue weighted by Crippen LogP contribution is 2.13. The number of aliphatic hydroxyl groups excluding tert-OH is 3. The van der Waals surface area contributed by atoms with Crippen LogP contribution in [-0.2, 0) is 4.74 Å². The van der Waals surface area contributed by atoms with E-state index in [0.717, 1.165) is 18.4 Å². The fraction of sp³-hybridized carbons (Fsp3) is 0.846. The Kier molecular flexibility index (Phi) is 10.5. The molecule has 0 heterocycles. The Morgan fingerprint density at radius 3 is 1.94 bits per heavy atom. The Hall–Kier alpha value is -0.420. The van der Waals surface area contributed by atoms with Crippen LogP contribution in [0.15, 0.2) is 11.6 Å². The Balaban J connectivity index is 4.44. The standard InChI is InChI=1S/C13H26O4/c1-3-12(4-2)17-13(10-16)9-11(5-7-14)6-8-15/h9,12-16H,3-8,10H2,1-2H3/t13-/m0/s1. The number of rotatable bonds is 10. The lowest BCUT2D eigenvalue weighted by Crippen LogP contribution is -2.23. The lowest BCUT2D eigenvalue weighted by molar-refractivity contribution is -0.0175. The molecule has 0 aliphatic rings. The molecule has 17 heavy (non-hydrogen) atoms. The lowest BCUT2D eigenvalue weighted by Gasteiger charge is -2.20. The van der Waals surface area contributed by atoms with Gasteiger partial charge >= 0.3 is 0 Å². The van der Waals surface area contributed by atoms with E-state index in [2.05, 4.69) is 13.8 Å². The third-order valence-corrected chi connectivity index (χ3v) is 2.75. The van der Waals surface area contributed by atoms with Gasteiger partial charge in [-0.3, -0.25) is 0 Å². The summed E-state index contributed by atoms with van der Waals surface area (Å²) in [7, 11) is 0. The van der Waals surface area contributed by atoms with Crippen LogP contribution >= 0.6 is 0 Å². The average molecular weight is 246 g/mol. The summed E-state index contributed by atoms with van der Waals surface area (Å²) in [5.41, 5.74) is 0.931. The van der Waals surface area contributed by atoms with Gasteiger partial charge in [-0.2, -0.15) is 0 Å². The van der Waals surface area contributed by atoms with E-state index in [1.807, 2.05) is 6.08 Å². The summed E-state index contributed by atoms with van der Waals surface area (Å²) in [5, 5.41) is 27.1. The molecule has 0 aromatic heterocycles. The third-order valence-electron chi connectivity index (χ3n) is 2.75. The Labute approximate surface area is 104 Å². The first-order chi connectivity index (χ1) is 8.21. The van der Waals surface area contributed by atoms with E-state index >= 15 is 0 Å². The third kappa shape index (κ3) is 7.49. The molecule has 0 aromatic carbocycles. The Morgan fingerprint density at radius 2 is 1.59 bits per heavy atom. The maximum atomic E-state index is 9.26. The van der Waals surface area contributed by atoms with Crippen molar-refractivity contribution in [1.82, 2.24) is 0 Å². The van der Waals surface area contributed by atoms with Crippen LogP contribution in [0.2, 0.25) is 0 Å². The normalized spacial score (nSPS) is 12.8. The fourth-order valence-electron chi connectivity index (χ4n) is 1.71. The second kappa shape index (κ2) is 10.7. The van der Waals surface area contributed by atoms with Crippen LogP contribution in [0, 0.1) is 0 Å². The molecule has 4 nitrogen and oxygen atoms in total. The molecule has 0 aromatic rings. The van der Waals surface area contributed by atoms with E-state index in [1.165, 1.54) is 0 Å². The van der Waals surface area contributed by atoms with E-state index in [1.54, 1.807) is 0 Å². The Morgan fingerprint density at radius 1 is 1.06 bits per heavy atom. The van der Waals surface area contributed by atoms with E-state index in [4.69, 9.17) is 14.9 Å². The molecule has 0 spiro atoms. The highest BCUT2D eigenvalue weighted by Gasteiger charge is 2.12. The minimum atomic E-state index is -0.340. The lowest BCUT2D eigenvalue weighted by atomic mass is 10.1. The van der Waals surface area contributed by atoms with Crippen LogP contribution in [0.1, 0.15) is 39.5 Å².